The van der Waals surface area contributed by atoms with Crippen molar-refractivity contribution in [2.45, 2.75) is 64.7 Å². The van der Waals surface area contributed by atoms with E-state index in [1.807, 2.05) is 38.1 Å². The van der Waals surface area contributed by atoms with E-state index in [9.17, 15) is 22.8 Å². The summed E-state index contributed by atoms with van der Waals surface area (Å²) < 4.78 is 50.7. The molecule has 0 aliphatic heterocycles. The van der Waals surface area contributed by atoms with E-state index >= 15 is 0 Å². The van der Waals surface area contributed by atoms with Gasteiger partial charge in [0.25, 0.3) is 11.8 Å². The number of ether oxygens (including phenoxy) is 1. The molecule has 0 atom stereocenters. The van der Waals surface area contributed by atoms with Crippen molar-refractivity contribution >= 4 is 22.8 Å². The molecule has 48 heavy (non-hydrogen) atoms. The van der Waals surface area contributed by atoms with Crippen molar-refractivity contribution in [1.29, 1.82) is 0 Å². The van der Waals surface area contributed by atoms with Crippen molar-refractivity contribution < 1.29 is 31.9 Å². The highest BCUT2D eigenvalue weighted by molar-refractivity contribution is 6.12. The van der Waals surface area contributed by atoms with Crippen LogP contribution in [0.15, 0.2) is 71.4 Å². The predicted molar refractivity (Wildman–Crippen MR) is 175 cm³/mol. The molecular weight excluding hydrogens is 621 g/mol. The van der Waals surface area contributed by atoms with Crippen molar-refractivity contribution in [3.05, 3.63) is 106 Å². The summed E-state index contributed by atoms with van der Waals surface area (Å²) in [6.45, 7) is 2.93. The van der Waals surface area contributed by atoms with Crippen LogP contribution in [0.4, 0.5) is 13.2 Å². The average molecular weight is 657 g/mol. The molecule has 1 aliphatic carbocycles. The quantitative estimate of drug-likeness (QED) is 0.160. The van der Waals surface area contributed by atoms with Gasteiger partial charge < -0.3 is 19.8 Å². The molecular formula is C37H35F3N4O4. The van der Waals surface area contributed by atoms with E-state index in [1.54, 1.807) is 30.6 Å². The zero-order valence-corrected chi connectivity index (χ0v) is 27.0. The number of rotatable bonds is 10. The summed E-state index contributed by atoms with van der Waals surface area (Å²) in [5, 5.41) is 6.32. The van der Waals surface area contributed by atoms with Gasteiger partial charge in [-0.3, -0.25) is 9.59 Å². The molecule has 2 amide bonds. The number of amides is 2. The van der Waals surface area contributed by atoms with E-state index in [4.69, 9.17) is 9.15 Å². The SMILES string of the molecule is CCCc1cc2oc(-c3ccc(F)cc3)c(C(=O)NC)c2cc1-c1cc(C(=O)NC2(c3ncccn3)CC(OC(F)F)C2)c(C)cc1C. The minimum Gasteiger partial charge on any atom is -0.455 e. The van der Waals surface area contributed by atoms with Crippen LogP contribution in [0.3, 0.4) is 0 Å². The van der Waals surface area contributed by atoms with E-state index in [1.165, 1.54) is 19.2 Å². The van der Waals surface area contributed by atoms with Crippen molar-refractivity contribution in [2.75, 3.05) is 7.05 Å². The van der Waals surface area contributed by atoms with Gasteiger partial charge in [0, 0.05) is 48.8 Å². The van der Waals surface area contributed by atoms with E-state index in [2.05, 4.69) is 27.5 Å². The lowest BCUT2D eigenvalue weighted by Gasteiger charge is -2.46. The number of hydrogen-bond donors (Lipinski definition) is 2. The maximum absolute atomic E-state index is 14.0. The molecule has 1 aliphatic rings. The van der Waals surface area contributed by atoms with Gasteiger partial charge in [-0.2, -0.15) is 8.78 Å². The van der Waals surface area contributed by atoms with Crippen LogP contribution in [-0.4, -0.2) is 41.5 Å². The molecule has 0 saturated heterocycles. The first-order valence-electron chi connectivity index (χ1n) is 15.8. The highest BCUT2D eigenvalue weighted by atomic mass is 19.3. The molecule has 2 aromatic heterocycles. The fourth-order valence-corrected chi connectivity index (χ4v) is 6.58. The number of carbonyl (C=O) groups excluding carboxylic acids is 2. The largest absolute Gasteiger partial charge is 0.455 e. The third-order valence-corrected chi connectivity index (χ3v) is 8.89. The number of nitrogens with one attached hydrogen (secondary N) is 2. The first-order chi connectivity index (χ1) is 23.0. The Labute approximate surface area is 275 Å². The van der Waals surface area contributed by atoms with Gasteiger partial charge in [0.1, 0.15) is 22.7 Å². The van der Waals surface area contributed by atoms with Gasteiger partial charge in [-0.15, -0.1) is 0 Å². The van der Waals surface area contributed by atoms with Crippen molar-refractivity contribution in [2.24, 2.45) is 0 Å². The topological polar surface area (TPSA) is 106 Å². The molecule has 0 bridgehead atoms. The predicted octanol–water partition coefficient (Wildman–Crippen LogP) is 7.65. The van der Waals surface area contributed by atoms with E-state index < -0.39 is 30.0 Å². The van der Waals surface area contributed by atoms with Gasteiger partial charge in [-0.25, -0.2) is 14.4 Å². The van der Waals surface area contributed by atoms with Crippen molar-refractivity contribution in [3.8, 4) is 22.5 Å². The number of fused-ring (bicyclic) bond motifs is 1. The van der Waals surface area contributed by atoms with Crippen molar-refractivity contribution in [1.82, 2.24) is 20.6 Å². The number of halogens is 3. The lowest BCUT2D eigenvalue weighted by Crippen LogP contribution is -2.58. The molecule has 3 aromatic carbocycles. The molecule has 1 saturated carbocycles. The van der Waals surface area contributed by atoms with Gasteiger partial charge in [0.2, 0.25) is 0 Å². The smallest absolute Gasteiger partial charge is 0.345 e. The number of benzene rings is 3. The Hall–Kier alpha value is -5.03. The summed E-state index contributed by atoms with van der Waals surface area (Å²) in [7, 11) is 1.54. The second kappa shape index (κ2) is 13.2. The van der Waals surface area contributed by atoms with Gasteiger partial charge in [-0.1, -0.05) is 19.4 Å². The summed E-state index contributed by atoms with van der Waals surface area (Å²) in [6, 6.07) is 15.0. The Morgan fingerprint density at radius 2 is 1.71 bits per heavy atom. The number of furan rings is 1. The van der Waals surface area contributed by atoms with Crippen LogP contribution in [0.25, 0.3) is 33.4 Å². The molecule has 11 heteroatoms. The Bertz CT molecular complexity index is 1990. The van der Waals surface area contributed by atoms with Crippen LogP contribution in [0.2, 0.25) is 0 Å². The maximum Gasteiger partial charge on any atom is 0.345 e. The second-order valence-corrected chi connectivity index (χ2v) is 12.2. The molecule has 2 heterocycles. The maximum atomic E-state index is 14.0. The Morgan fingerprint density at radius 1 is 1.00 bits per heavy atom. The van der Waals surface area contributed by atoms with Crippen LogP contribution in [-0.2, 0) is 16.7 Å². The van der Waals surface area contributed by atoms with Crippen LogP contribution in [0, 0.1) is 19.7 Å². The monoisotopic (exact) mass is 656 g/mol. The average Bonchev–Trinajstić information content (AvgIpc) is 3.42. The van der Waals surface area contributed by atoms with Gasteiger partial charge >= 0.3 is 6.61 Å². The lowest BCUT2D eigenvalue weighted by molar-refractivity contribution is -0.198. The standard InChI is InChI=1S/C37H35F3N4O4/c1-5-7-23-15-30-29(31(34(46)41-4)32(48-30)22-8-10-24(38)11-9-22)17-28(23)26-16-27(21(3)14-20(26)2)33(45)44-37(35-42-12-6-13-43-35)18-25(19-37)47-36(39)40/h6,8-17,25,36H,5,7,18-19H2,1-4H3,(H,41,46)(H,44,45). The molecule has 2 N–H and O–H groups in total. The number of hydrogen-bond acceptors (Lipinski definition) is 6. The van der Waals surface area contributed by atoms with Crippen LogP contribution >= 0.6 is 0 Å². The molecule has 0 radical (unpaired) electrons. The van der Waals surface area contributed by atoms with Crippen LogP contribution in [0.1, 0.15) is 69.4 Å². The summed E-state index contributed by atoms with van der Waals surface area (Å²) in [6.07, 6.45) is 4.05. The van der Waals surface area contributed by atoms with Gasteiger partial charge in [-0.05, 0) is 96.6 Å². The highest BCUT2D eigenvalue weighted by Gasteiger charge is 2.50. The Morgan fingerprint density at radius 3 is 2.35 bits per heavy atom. The molecule has 6 rings (SSSR count). The number of alkyl halides is 2. The van der Waals surface area contributed by atoms with Crippen LogP contribution in [0.5, 0.6) is 0 Å². The van der Waals surface area contributed by atoms with Crippen LogP contribution < -0.4 is 10.6 Å². The highest BCUT2D eigenvalue weighted by Crippen LogP contribution is 2.43. The van der Waals surface area contributed by atoms with E-state index in [0.717, 1.165) is 34.2 Å². The zero-order chi connectivity index (χ0) is 34.2. The lowest BCUT2D eigenvalue weighted by atomic mass is 9.73. The summed E-state index contributed by atoms with van der Waals surface area (Å²) in [5.41, 5.74) is 4.96. The third-order valence-electron chi connectivity index (χ3n) is 8.89. The first kappa shape index (κ1) is 32.9. The third kappa shape index (κ3) is 6.17. The van der Waals surface area contributed by atoms with E-state index in [-0.39, 0.29) is 18.7 Å². The zero-order valence-electron chi connectivity index (χ0n) is 27.0. The fraction of sp³-hybridized carbons (Fsp3) is 0.297. The normalized spacial score (nSPS) is 17.4. The molecule has 0 unspecified atom stereocenters. The Kier molecular flexibility index (Phi) is 9.07. The first-order valence-corrected chi connectivity index (χ1v) is 15.8. The van der Waals surface area contributed by atoms with Gasteiger partial charge in [0.05, 0.1) is 11.7 Å². The number of carbonyl (C=O) groups is 2. The number of nitrogens with zero attached hydrogens (tertiary/aromatic N) is 2. The molecule has 0 spiro atoms. The van der Waals surface area contributed by atoms with Gasteiger partial charge in [0.15, 0.2) is 5.82 Å². The summed E-state index contributed by atoms with van der Waals surface area (Å²) >= 11 is 0. The van der Waals surface area contributed by atoms with Crippen molar-refractivity contribution in [3.63, 3.8) is 0 Å². The minimum absolute atomic E-state index is 0.0985. The molecule has 5 aromatic rings. The Balaban J connectivity index is 1.45. The summed E-state index contributed by atoms with van der Waals surface area (Å²) in [4.78, 5) is 35.9. The summed E-state index contributed by atoms with van der Waals surface area (Å²) in [5.74, 6) is -0.507. The molecule has 1 fully saturated rings. The minimum atomic E-state index is -2.93. The number of aryl methyl sites for hydroxylation is 3. The molecule has 248 valence electrons. The second-order valence-electron chi connectivity index (χ2n) is 12.2. The molecule has 8 nitrogen and oxygen atoms in total. The van der Waals surface area contributed by atoms with E-state index in [0.29, 0.717) is 45.7 Å². The number of aromatic nitrogens is 2. The fourth-order valence-electron chi connectivity index (χ4n) is 6.58.